The van der Waals surface area contributed by atoms with E-state index in [0.717, 1.165) is 13.1 Å². The molecule has 0 fully saturated rings. The molecule has 4 nitrogen and oxygen atoms in total. The van der Waals surface area contributed by atoms with Gasteiger partial charge in [-0.1, -0.05) is 91.0 Å². The number of hydrogen-bond acceptors (Lipinski definition) is 4. The van der Waals surface area contributed by atoms with Gasteiger partial charge in [0.05, 0.1) is 0 Å². The molecule has 0 aliphatic rings. The number of carbonyl (C=O) groups is 2. The van der Waals surface area contributed by atoms with E-state index in [1.807, 2.05) is 36.4 Å². The van der Waals surface area contributed by atoms with Crippen molar-refractivity contribution < 1.29 is 14.3 Å². The second-order valence-corrected chi connectivity index (χ2v) is 6.51. The van der Waals surface area contributed by atoms with Crippen LogP contribution in [0.15, 0.2) is 91.0 Å². The van der Waals surface area contributed by atoms with Gasteiger partial charge in [0, 0.05) is 25.2 Å². The highest BCUT2D eigenvalue weighted by Crippen LogP contribution is 2.10. The highest BCUT2D eigenvalue weighted by molar-refractivity contribution is 6.40. The molecule has 0 aliphatic carbocycles. The first-order chi connectivity index (χ1) is 13.7. The topological polar surface area (TPSA) is 46.6 Å². The number of carbonyl (C=O) groups excluding carboxylic acids is 2. The average molecular weight is 373 g/mol. The number of benzene rings is 3. The van der Waals surface area contributed by atoms with Crippen molar-refractivity contribution in [3.05, 3.63) is 108 Å². The summed E-state index contributed by atoms with van der Waals surface area (Å²) in [5, 5.41) is 0. The van der Waals surface area contributed by atoms with Crippen molar-refractivity contribution in [1.29, 1.82) is 0 Å². The van der Waals surface area contributed by atoms with Gasteiger partial charge in [0.25, 0.3) is 5.78 Å². The molecule has 0 bridgehead atoms. The van der Waals surface area contributed by atoms with Gasteiger partial charge in [-0.2, -0.15) is 0 Å². The summed E-state index contributed by atoms with van der Waals surface area (Å²) in [5.41, 5.74) is 2.72. The highest BCUT2D eigenvalue weighted by Gasteiger charge is 2.18. The van der Waals surface area contributed by atoms with Crippen LogP contribution >= 0.6 is 0 Å². The fourth-order valence-corrected chi connectivity index (χ4v) is 2.94. The molecule has 142 valence electrons. The van der Waals surface area contributed by atoms with E-state index in [-0.39, 0.29) is 6.61 Å². The minimum Gasteiger partial charge on any atom is -0.458 e. The maximum atomic E-state index is 12.1. The molecule has 0 unspecified atom stereocenters. The number of rotatable bonds is 9. The first-order valence-corrected chi connectivity index (χ1v) is 9.29. The molecular formula is C24H23NO3. The number of hydrogen-bond donors (Lipinski definition) is 0. The molecule has 0 saturated carbocycles. The van der Waals surface area contributed by atoms with E-state index in [1.165, 1.54) is 11.1 Å². The van der Waals surface area contributed by atoms with Crippen LogP contribution in [0.5, 0.6) is 0 Å². The van der Waals surface area contributed by atoms with E-state index in [4.69, 9.17) is 4.74 Å². The Labute approximate surface area is 165 Å². The van der Waals surface area contributed by atoms with Crippen molar-refractivity contribution >= 4 is 11.8 Å². The summed E-state index contributed by atoms with van der Waals surface area (Å²) in [7, 11) is 0. The van der Waals surface area contributed by atoms with Crippen molar-refractivity contribution in [1.82, 2.24) is 4.90 Å². The molecule has 0 spiro atoms. The quantitative estimate of drug-likeness (QED) is 0.322. The van der Waals surface area contributed by atoms with Crippen LogP contribution in [0.3, 0.4) is 0 Å². The van der Waals surface area contributed by atoms with Crippen LogP contribution in [0.2, 0.25) is 0 Å². The lowest BCUT2D eigenvalue weighted by molar-refractivity contribution is -0.138. The summed E-state index contributed by atoms with van der Waals surface area (Å²) in [5.74, 6) is -1.43. The van der Waals surface area contributed by atoms with Crippen LogP contribution in [-0.4, -0.2) is 29.8 Å². The molecule has 0 heterocycles. The Balaban J connectivity index is 1.57. The second-order valence-electron chi connectivity index (χ2n) is 6.51. The van der Waals surface area contributed by atoms with Crippen molar-refractivity contribution in [2.24, 2.45) is 0 Å². The predicted octanol–water partition coefficient (Wildman–Crippen LogP) is 4.11. The first-order valence-electron chi connectivity index (χ1n) is 9.29. The van der Waals surface area contributed by atoms with Gasteiger partial charge in [-0.3, -0.25) is 9.69 Å². The van der Waals surface area contributed by atoms with E-state index >= 15 is 0 Å². The lowest BCUT2D eigenvalue weighted by atomic mass is 10.1. The standard InChI is InChI=1S/C24H23NO3/c26-23(22-14-8-3-9-15-22)24(27)28-17-16-25(18-20-10-4-1-5-11-20)19-21-12-6-2-7-13-21/h1-15H,16-19H2. The van der Waals surface area contributed by atoms with Gasteiger partial charge in [-0.05, 0) is 11.1 Å². The lowest BCUT2D eigenvalue weighted by Crippen LogP contribution is -2.29. The zero-order valence-corrected chi connectivity index (χ0v) is 15.7. The van der Waals surface area contributed by atoms with E-state index in [9.17, 15) is 9.59 Å². The summed E-state index contributed by atoms with van der Waals surface area (Å²) in [6, 6.07) is 28.8. The molecule has 0 aromatic heterocycles. The van der Waals surface area contributed by atoms with Crippen molar-refractivity contribution in [3.63, 3.8) is 0 Å². The van der Waals surface area contributed by atoms with E-state index < -0.39 is 11.8 Å². The Bertz CT molecular complexity index is 838. The molecule has 0 N–H and O–H groups in total. The monoisotopic (exact) mass is 373 g/mol. The lowest BCUT2D eigenvalue weighted by Gasteiger charge is -2.22. The molecule has 3 aromatic rings. The molecule has 4 heteroatoms. The molecule has 0 saturated heterocycles. The second kappa shape index (κ2) is 10.2. The molecule has 0 amide bonds. The highest BCUT2D eigenvalue weighted by atomic mass is 16.5. The Kier molecular flexibility index (Phi) is 7.10. The van der Waals surface area contributed by atoms with Gasteiger partial charge >= 0.3 is 5.97 Å². The van der Waals surface area contributed by atoms with Gasteiger partial charge in [-0.25, -0.2) is 4.79 Å². The van der Waals surface area contributed by atoms with E-state index in [2.05, 4.69) is 29.2 Å². The summed E-state index contributed by atoms with van der Waals surface area (Å²) < 4.78 is 5.23. The zero-order valence-electron chi connectivity index (χ0n) is 15.7. The normalized spacial score (nSPS) is 10.6. The molecule has 0 radical (unpaired) electrons. The van der Waals surface area contributed by atoms with Crippen molar-refractivity contribution in [3.8, 4) is 0 Å². The molecule has 3 aromatic carbocycles. The SMILES string of the molecule is O=C(OCCN(Cc1ccccc1)Cc1ccccc1)C(=O)c1ccccc1. The maximum absolute atomic E-state index is 12.1. The fourth-order valence-electron chi connectivity index (χ4n) is 2.94. The Morgan fingerprint density at radius 1 is 0.679 bits per heavy atom. The van der Waals surface area contributed by atoms with Crippen molar-refractivity contribution in [2.75, 3.05) is 13.2 Å². The Hall–Kier alpha value is -3.24. The first kappa shape index (κ1) is 19.5. The molecule has 28 heavy (non-hydrogen) atoms. The van der Waals surface area contributed by atoms with Crippen LogP contribution in [0, 0.1) is 0 Å². The zero-order chi connectivity index (χ0) is 19.6. The number of nitrogens with zero attached hydrogens (tertiary/aromatic N) is 1. The molecule has 3 rings (SSSR count). The summed E-state index contributed by atoms with van der Waals surface area (Å²) in [4.78, 5) is 26.4. The molecule has 0 aliphatic heterocycles. The van der Waals surface area contributed by atoms with Crippen LogP contribution in [0.25, 0.3) is 0 Å². The smallest absolute Gasteiger partial charge is 0.379 e. The van der Waals surface area contributed by atoms with Gasteiger partial charge in [0.2, 0.25) is 0 Å². The summed E-state index contributed by atoms with van der Waals surface area (Å²) in [6.45, 7) is 2.18. The largest absolute Gasteiger partial charge is 0.458 e. The number of Topliss-reactive ketones (excluding diaryl/α,β-unsaturated/α-hetero) is 1. The van der Waals surface area contributed by atoms with Crippen molar-refractivity contribution in [2.45, 2.75) is 13.1 Å². The van der Waals surface area contributed by atoms with Crippen LogP contribution in [0.4, 0.5) is 0 Å². The predicted molar refractivity (Wildman–Crippen MR) is 109 cm³/mol. The number of esters is 1. The Morgan fingerprint density at radius 3 is 1.64 bits per heavy atom. The summed E-state index contributed by atoms with van der Waals surface area (Å²) >= 11 is 0. The third-order valence-electron chi connectivity index (χ3n) is 4.36. The molecular weight excluding hydrogens is 350 g/mol. The van der Waals surface area contributed by atoms with E-state index in [1.54, 1.807) is 30.3 Å². The van der Waals surface area contributed by atoms with Gasteiger partial charge in [0.15, 0.2) is 0 Å². The van der Waals surface area contributed by atoms with Crippen LogP contribution in [-0.2, 0) is 22.6 Å². The minimum absolute atomic E-state index is 0.164. The van der Waals surface area contributed by atoms with Gasteiger partial charge in [0.1, 0.15) is 6.61 Å². The summed E-state index contributed by atoms with van der Waals surface area (Å²) in [6.07, 6.45) is 0. The minimum atomic E-state index is -0.814. The van der Waals surface area contributed by atoms with Gasteiger partial charge < -0.3 is 4.74 Å². The Morgan fingerprint density at radius 2 is 1.14 bits per heavy atom. The van der Waals surface area contributed by atoms with Crippen LogP contribution < -0.4 is 0 Å². The third-order valence-corrected chi connectivity index (χ3v) is 4.36. The van der Waals surface area contributed by atoms with E-state index in [0.29, 0.717) is 12.1 Å². The average Bonchev–Trinajstić information content (AvgIpc) is 2.75. The van der Waals surface area contributed by atoms with Crippen LogP contribution in [0.1, 0.15) is 21.5 Å². The number of ether oxygens (including phenoxy) is 1. The third kappa shape index (κ3) is 5.89. The van der Waals surface area contributed by atoms with Gasteiger partial charge in [-0.15, -0.1) is 0 Å². The molecule has 0 atom stereocenters. The fraction of sp³-hybridized carbons (Fsp3) is 0.167. The maximum Gasteiger partial charge on any atom is 0.379 e. The number of ketones is 1.